The second-order valence-corrected chi connectivity index (χ2v) is 5.36. The zero-order valence-electron chi connectivity index (χ0n) is 11.1. The van der Waals surface area contributed by atoms with Gasteiger partial charge < -0.3 is 10.6 Å². The fourth-order valence-electron chi connectivity index (χ4n) is 2.29. The van der Waals surface area contributed by atoms with Crippen LogP contribution in [0, 0.1) is 23.7 Å². The van der Waals surface area contributed by atoms with E-state index in [9.17, 15) is 0 Å². The average Bonchev–Trinajstić information content (AvgIpc) is 2.38. The third kappa shape index (κ3) is 2.99. The van der Waals surface area contributed by atoms with E-state index in [-0.39, 0.29) is 0 Å². The Morgan fingerprint density at radius 2 is 2.17 bits per heavy atom. The Balaban J connectivity index is 1.98. The molecule has 0 aromatic carbocycles. The molecule has 0 aliphatic carbocycles. The summed E-state index contributed by atoms with van der Waals surface area (Å²) in [6, 6.07) is 5.85. The van der Waals surface area contributed by atoms with E-state index in [1.54, 1.807) is 0 Å². The molecule has 1 aromatic heterocycles. The highest BCUT2D eigenvalue weighted by Gasteiger charge is 2.26. The largest absolute Gasteiger partial charge is 0.370 e. The summed E-state index contributed by atoms with van der Waals surface area (Å²) in [4.78, 5) is 4.41. The van der Waals surface area contributed by atoms with E-state index in [2.05, 4.69) is 28.6 Å². The standard InChI is InChI=1S/C14H20N4/c1-11-12(9-15)3-4-13(18-11)17-10-14(2)5-7-16-8-6-14/h3-4,16H,5-8,10H2,1-2H3,(H,17,18). The molecule has 4 nitrogen and oxygen atoms in total. The van der Waals surface area contributed by atoms with Gasteiger partial charge >= 0.3 is 0 Å². The van der Waals surface area contributed by atoms with Crippen LogP contribution in [0.25, 0.3) is 0 Å². The molecule has 0 amide bonds. The van der Waals surface area contributed by atoms with E-state index in [1.807, 2.05) is 19.1 Å². The number of aryl methyl sites for hydroxylation is 1. The molecule has 1 aliphatic heterocycles. The van der Waals surface area contributed by atoms with Gasteiger partial charge in [0.1, 0.15) is 11.9 Å². The number of anilines is 1. The Kier molecular flexibility index (Phi) is 3.83. The van der Waals surface area contributed by atoms with Crippen molar-refractivity contribution in [2.24, 2.45) is 5.41 Å². The van der Waals surface area contributed by atoms with Gasteiger partial charge in [0.05, 0.1) is 11.3 Å². The lowest BCUT2D eigenvalue weighted by atomic mass is 9.81. The van der Waals surface area contributed by atoms with Crippen LogP contribution in [0.1, 0.15) is 31.0 Å². The first-order chi connectivity index (χ1) is 8.63. The Labute approximate surface area is 108 Å². The van der Waals surface area contributed by atoms with Crippen LogP contribution in [-0.2, 0) is 0 Å². The molecule has 1 saturated heterocycles. The molecule has 0 radical (unpaired) electrons. The van der Waals surface area contributed by atoms with Gasteiger partial charge in [0.15, 0.2) is 0 Å². The minimum absolute atomic E-state index is 0.342. The summed E-state index contributed by atoms with van der Waals surface area (Å²) in [5, 5.41) is 15.6. The monoisotopic (exact) mass is 244 g/mol. The minimum Gasteiger partial charge on any atom is -0.370 e. The second kappa shape index (κ2) is 5.36. The van der Waals surface area contributed by atoms with Crippen molar-refractivity contribution in [3.63, 3.8) is 0 Å². The van der Waals surface area contributed by atoms with Crippen LogP contribution in [0.15, 0.2) is 12.1 Å². The zero-order valence-corrected chi connectivity index (χ0v) is 11.1. The van der Waals surface area contributed by atoms with Crippen LogP contribution in [0.3, 0.4) is 0 Å². The Hall–Kier alpha value is -1.60. The molecule has 1 aromatic rings. The van der Waals surface area contributed by atoms with Gasteiger partial charge in [-0.05, 0) is 50.4 Å². The Morgan fingerprint density at radius 1 is 1.44 bits per heavy atom. The summed E-state index contributed by atoms with van der Waals surface area (Å²) in [5.74, 6) is 0.867. The zero-order chi connectivity index (χ0) is 13.0. The van der Waals surface area contributed by atoms with Crippen molar-refractivity contribution >= 4 is 5.82 Å². The molecule has 0 unspecified atom stereocenters. The van der Waals surface area contributed by atoms with Crippen molar-refractivity contribution in [3.8, 4) is 6.07 Å². The molecule has 2 rings (SSSR count). The first-order valence-corrected chi connectivity index (χ1v) is 6.45. The van der Waals surface area contributed by atoms with E-state index in [4.69, 9.17) is 5.26 Å². The number of nitriles is 1. The number of nitrogens with one attached hydrogen (secondary N) is 2. The van der Waals surface area contributed by atoms with E-state index >= 15 is 0 Å². The summed E-state index contributed by atoms with van der Waals surface area (Å²) in [6.07, 6.45) is 2.38. The highest BCUT2D eigenvalue weighted by atomic mass is 15.0. The van der Waals surface area contributed by atoms with Crippen molar-refractivity contribution in [2.45, 2.75) is 26.7 Å². The van der Waals surface area contributed by atoms with E-state index in [1.165, 1.54) is 12.8 Å². The maximum absolute atomic E-state index is 8.87. The van der Waals surface area contributed by atoms with Crippen LogP contribution < -0.4 is 10.6 Å². The molecular weight excluding hydrogens is 224 g/mol. The topological polar surface area (TPSA) is 60.7 Å². The summed E-state index contributed by atoms with van der Waals surface area (Å²) in [5.41, 5.74) is 1.78. The molecule has 0 saturated carbocycles. The molecule has 0 spiro atoms. The summed E-state index contributed by atoms with van der Waals surface area (Å²) >= 11 is 0. The number of pyridine rings is 1. The van der Waals surface area contributed by atoms with Crippen LogP contribution in [0.2, 0.25) is 0 Å². The van der Waals surface area contributed by atoms with Crippen LogP contribution >= 0.6 is 0 Å². The number of rotatable bonds is 3. The second-order valence-electron chi connectivity index (χ2n) is 5.36. The fourth-order valence-corrected chi connectivity index (χ4v) is 2.29. The molecule has 4 heteroatoms. The minimum atomic E-state index is 0.342. The molecule has 1 aliphatic rings. The highest BCUT2D eigenvalue weighted by molar-refractivity contribution is 5.43. The first-order valence-electron chi connectivity index (χ1n) is 6.45. The lowest BCUT2D eigenvalue weighted by molar-refractivity contribution is 0.247. The van der Waals surface area contributed by atoms with E-state index < -0.39 is 0 Å². The van der Waals surface area contributed by atoms with Gasteiger partial charge in [0.2, 0.25) is 0 Å². The number of hydrogen-bond donors (Lipinski definition) is 2. The van der Waals surface area contributed by atoms with E-state index in [0.717, 1.165) is 31.1 Å². The smallest absolute Gasteiger partial charge is 0.126 e. The number of hydrogen-bond acceptors (Lipinski definition) is 4. The van der Waals surface area contributed by atoms with Crippen molar-refractivity contribution in [1.29, 1.82) is 5.26 Å². The SMILES string of the molecule is Cc1nc(NCC2(C)CCNCC2)ccc1C#N. The molecule has 0 atom stereocenters. The molecule has 1 fully saturated rings. The third-order valence-electron chi connectivity index (χ3n) is 3.71. The molecular formula is C14H20N4. The summed E-state index contributed by atoms with van der Waals surface area (Å²) < 4.78 is 0. The van der Waals surface area contributed by atoms with E-state index in [0.29, 0.717) is 11.0 Å². The molecule has 0 bridgehead atoms. The van der Waals surface area contributed by atoms with Crippen molar-refractivity contribution in [2.75, 3.05) is 25.0 Å². The third-order valence-corrected chi connectivity index (χ3v) is 3.71. The van der Waals surface area contributed by atoms with Gasteiger partial charge in [-0.1, -0.05) is 6.92 Å². The van der Waals surface area contributed by atoms with Crippen LogP contribution in [0.5, 0.6) is 0 Å². The van der Waals surface area contributed by atoms with Crippen LogP contribution in [0.4, 0.5) is 5.82 Å². The normalized spacial score (nSPS) is 18.1. The van der Waals surface area contributed by atoms with Gasteiger partial charge in [0, 0.05) is 6.54 Å². The number of piperidine rings is 1. The summed E-state index contributed by atoms with van der Waals surface area (Å²) in [6.45, 7) is 7.32. The molecule has 2 N–H and O–H groups in total. The predicted octanol–water partition coefficient (Wildman–Crippen LogP) is 2.06. The van der Waals surface area contributed by atoms with Gasteiger partial charge in [-0.25, -0.2) is 4.98 Å². The lowest BCUT2D eigenvalue weighted by Gasteiger charge is -2.34. The van der Waals surface area contributed by atoms with Gasteiger partial charge in [0.25, 0.3) is 0 Å². The average molecular weight is 244 g/mol. The Morgan fingerprint density at radius 3 is 2.78 bits per heavy atom. The van der Waals surface area contributed by atoms with Gasteiger partial charge in [-0.3, -0.25) is 0 Å². The lowest BCUT2D eigenvalue weighted by Crippen LogP contribution is -2.39. The Bertz CT molecular complexity index is 455. The molecule has 96 valence electrons. The van der Waals surface area contributed by atoms with Crippen LogP contribution in [-0.4, -0.2) is 24.6 Å². The van der Waals surface area contributed by atoms with Gasteiger partial charge in [-0.15, -0.1) is 0 Å². The molecule has 2 heterocycles. The molecule has 18 heavy (non-hydrogen) atoms. The van der Waals surface area contributed by atoms with Crippen molar-refractivity contribution in [1.82, 2.24) is 10.3 Å². The van der Waals surface area contributed by atoms with Crippen molar-refractivity contribution < 1.29 is 0 Å². The predicted molar refractivity (Wildman–Crippen MR) is 72.4 cm³/mol. The fraction of sp³-hybridized carbons (Fsp3) is 0.571. The first kappa shape index (κ1) is 12.8. The summed E-state index contributed by atoms with van der Waals surface area (Å²) in [7, 11) is 0. The maximum atomic E-state index is 8.87. The van der Waals surface area contributed by atoms with Crippen molar-refractivity contribution in [3.05, 3.63) is 23.4 Å². The number of aromatic nitrogens is 1. The van der Waals surface area contributed by atoms with Gasteiger partial charge in [-0.2, -0.15) is 5.26 Å². The maximum Gasteiger partial charge on any atom is 0.126 e. The quantitative estimate of drug-likeness (QED) is 0.854. The highest BCUT2D eigenvalue weighted by Crippen LogP contribution is 2.28. The number of nitrogens with zero attached hydrogens (tertiary/aromatic N) is 2.